The van der Waals surface area contributed by atoms with Gasteiger partial charge < -0.3 is 10.2 Å². The van der Waals surface area contributed by atoms with Gasteiger partial charge in [-0.1, -0.05) is 35.9 Å². The van der Waals surface area contributed by atoms with Crippen LogP contribution < -0.4 is 10.2 Å². The average molecular weight is 337 g/mol. The maximum atomic E-state index is 6.03. The Hall–Kier alpha value is -2.59. The van der Waals surface area contributed by atoms with Crippen molar-refractivity contribution in [1.29, 1.82) is 0 Å². The van der Waals surface area contributed by atoms with Gasteiger partial charge in [-0.25, -0.2) is 4.98 Å². The van der Waals surface area contributed by atoms with Crippen LogP contribution in [0.5, 0.6) is 0 Å². The summed E-state index contributed by atoms with van der Waals surface area (Å²) in [5.74, 6) is 1.47. The first-order chi connectivity index (χ1) is 11.8. The summed E-state index contributed by atoms with van der Waals surface area (Å²) in [5, 5.41) is 3.90. The number of nitrogens with one attached hydrogen (secondary N) is 1. The van der Waals surface area contributed by atoms with E-state index in [-0.39, 0.29) is 0 Å². The molecule has 0 saturated carbocycles. The maximum Gasteiger partial charge on any atom is 0.229 e. The fraction of sp³-hybridized carbons (Fsp3) is 0.158. The van der Waals surface area contributed by atoms with E-state index in [4.69, 9.17) is 11.6 Å². The first kappa shape index (κ1) is 15.0. The van der Waals surface area contributed by atoms with Crippen LogP contribution >= 0.6 is 11.6 Å². The summed E-state index contributed by atoms with van der Waals surface area (Å²) >= 11 is 6.03. The second kappa shape index (κ2) is 6.49. The Morgan fingerprint density at radius 3 is 2.88 bits per heavy atom. The van der Waals surface area contributed by atoms with Crippen LogP contribution in [0.15, 0.2) is 60.8 Å². The number of anilines is 4. The average Bonchev–Trinajstić information content (AvgIpc) is 2.61. The van der Waals surface area contributed by atoms with Crippen molar-refractivity contribution >= 4 is 34.7 Å². The molecule has 1 aromatic heterocycles. The molecule has 0 saturated heterocycles. The fourth-order valence-electron chi connectivity index (χ4n) is 3.03. The van der Waals surface area contributed by atoms with Gasteiger partial charge >= 0.3 is 0 Å². The summed E-state index contributed by atoms with van der Waals surface area (Å²) in [6.45, 7) is 0.963. The molecule has 3 aromatic rings. The Morgan fingerprint density at radius 1 is 1.04 bits per heavy atom. The molecule has 2 heterocycles. The Balaban J connectivity index is 1.64. The van der Waals surface area contributed by atoms with Crippen molar-refractivity contribution in [2.75, 3.05) is 16.8 Å². The largest absolute Gasteiger partial charge is 0.326 e. The monoisotopic (exact) mass is 336 g/mol. The zero-order valence-corrected chi connectivity index (χ0v) is 13.9. The first-order valence-electron chi connectivity index (χ1n) is 8.01. The van der Waals surface area contributed by atoms with Gasteiger partial charge in [-0.15, -0.1) is 0 Å². The lowest BCUT2D eigenvalue weighted by atomic mass is 10.0. The lowest BCUT2D eigenvalue weighted by Crippen LogP contribution is -2.25. The molecule has 5 heteroatoms. The molecule has 1 aliphatic heterocycles. The summed E-state index contributed by atoms with van der Waals surface area (Å²) in [4.78, 5) is 11.3. The smallest absolute Gasteiger partial charge is 0.229 e. The predicted molar refractivity (Wildman–Crippen MR) is 98.5 cm³/mol. The minimum absolute atomic E-state index is 0.567. The fourth-order valence-corrected chi connectivity index (χ4v) is 3.22. The van der Waals surface area contributed by atoms with E-state index in [0.29, 0.717) is 11.0 Å². The number of aromatic nitrogens is 2. The molecule has 0 spiro atoms. The highest BCUT2D eigenvalue weighted by Gasteiger charge is 2.19. The molecule has 0 fully saturated rings. The molecule has 24 heavy (non-hydrogen) atoms. The second-order valence-corrected chi connectivity index (χ2v) is 6.19. The Morgan fingerprint density at radius 2 is 1.96 bits per heavy atom. The number of hydrogen-bond donors (Lipinski definition) is 1. The number of aryl methyl sites for hydroxylation is 1. The minimum Gasteiger partial charge on any atom is -0.326 e. The standard InChI is InChI=1S/C19H17ClN4/c20-15-7-3-8-16(13-15)22-19-21-11-10-18(23-19)24-12-4-6-14-5-1-2-9-17(14)24/h1-3,5,7-11,13H,4,6,12H2,(H,21,22,23). The van der Waals surface area contributed by atoms with Crippen LogP contribution in [0.25, 0.3) is 0 Å². The van der Waals surface area contributed by atoms with Crippen LogP contribution in [0.1, 0.15) is 12.0 Å². The molecule has 4 rings (SSSR count). The SMILES string of the molecule is Clc1cccc(Nc2nccc(N3CCCc4ccccc43)n2)c1. The summed E-state index contributed by atoms with van der Waals surface area (Å²) in [6, 6.07) is 18.0. The number of benzene rings is 2. The van der Waals surface area contributed by atoms with Gasteiger partial charge in [-0.05, 0) is 48.7 Å². The van der Waals surface area contributed by atoms with Crippen LogP contribution in [0.3, 0.4) is 0 Å². The molecule has 0 atom stereocenters. The van der Waals surface area contributed by atoms with Crippen molar-refractivity contribution in [2.24, 2.45) is 0 Å². The van der Waals surface area contributed by atoms with Crippen molar-refractivity contribution in [1.82, 2.24) is 9.97 Å². The topological polar surface area (TPSA) is 41.1 Å². The van der Waals surface area contributed by atoms with E-state index < -0.39 is 0 Å². The quantitative estimate of drug-likeness (QED) is 0.734. The Kier molecular flexibility index (Phi) is 4.05. The van der Waals surface area contributed by atoms with Crippen molar-refractivity contribution in [2.45, 2.75) is 12.8 Å². The first-order valence-corrected chi connectivity index (χ1v) is 8.38. The third kappa shape index (κ3) is 3.05. The Labute approximate surface area is 146 Å². The highest BCUT2D eigenvalue weighted by molar-refractivity contribution is 6.30. The van der Waals surface area contributed by atoms with E-state index in [1.807, 2.05) is 30.3 Å². The number of rotatable bonds is 3. The van der Waals surface area contributed by atoms with Gasteiger partial charge in [0, 0.05) is 29.1 Å². The second-order valence-electron chi connectivity index (χ2n) is 5.76. The van der Waals surface area contributed by atoms with Crippen molar-refractivity contribution in [3.63, 3.8) is 0 Å². The number of nitrogens with zero attached hydrogens (tertiary/aromatic N) is 3. The summed E-state index contributed by atoms with van der Waals surface area (Å²) in [5.41, 5.74) is 3.47. The molecule has 1 aliphatic rings. The summed E-state index contributed by atoms with van der Waals surface area (Å²) < 4.78 is 0. The summed E-state index contributed by atoms with van der Waals surface area (Å²) in [7, 11) is 0. The van der Waals surface area contributed by atoms with Gasteiger partial charge in [0.15, 0.2) is 0 Å². The molecular formula is C19H17ClN4. The molecule has 0 amide bonds. The number of halogens is 1. The predicted octanol–water partition coefficient (Wildman–Crippen LogP) is 4.96. The van der Waals surface area contributed by atoms with E-state index >= 15 is 0 Å². The normalized spacial score (nSPS) is 13.5. The molecule has 2 aromatic carbocycles. The lowest BCUT2D eigenvalue weighted by molar-refractivity contribution is 0.759. The van der Waals surface area contributed by atoms with Gasteiger partial charge in [0.1, 0.15) is 5.82 Å². The van der Waals surface area contributed by atoms with Gasteiger partial charge in [0.05, 0.1) is 0 Å². The van der Waals surface area contributed by atoms with Gasteiger partial charge in [-0.3, -0.25) is 0 Å². The van der Waals surface area contributed by atoms with Crippen LogP contribution in [-0.2, 0) is 6.42 Å². The number of fused-ring (bicyclic) bond motifs is 1. The van der Waals surface area contributed by atoms with E-state index in [1.54, 1.807) is 6.20 Å². The maximum absolute atomic E-state index is 6.03. The van der Waals surface area contributed by atoms with Crippen molar-refractivity contribution < 1.29 is 0 Å². The molecular weight excluding hydrogens is 320 g/mol. The molecule has 120 valence electrons. The molecule has 0 radical (unpaired) electrons. The molecule has 0 aliphatic carbocycles. The molecule has 0 bridgehead atoms. The van der Waals surface area contributed by atoms with E-state index in [0.717, 1.165) is 30.9 Å². The van der Waals surface area contributed by atoms with Crippen LogP contribution in [0.4, 0.5) is 23.1 Å². The van der Waals surface area contributed by atoms with Gasteiger partial charge in [0.2, 0.25) is 5.95 Å². The highest BCUT2D eigenvalue weighted by atomic mass is 35.5. The highest BCUT2D eigenvalue weighted by Crippen LogP contribution is 2.32. The van der Waals surface area contributed by atoms with Crippen LogP contribution in [0.2, 0.25) is 5.02 Å². The van der Waals surface area contributed by atoms with E-state index in [9.17, 15) is 0 Å². The van der Waals surface area contributed by atoms with Gasteiger partial charge in [0.25, 0.3) is 0 Å². The third-order valence-electron chi connectivity index (χ3n) is 4.11. The zero-order valence-electron chi connectivity index (χ0n) is 13.1. The molecule has 4 nitrogen and oxygen atoms in total. The van der Waals surface area contributed by atoms with Crippen LogP contribution in [-0.4, -0.2) is 16.5 Å². The zero-order chi connectivity index (χ0) is 16.4. The van der Waals surface area contributed by atoms with Gasteiger partial charge in [-0.2, -0.15) is 4.98 Å². The van der Waals surface area contributed by atoms with E-state index in [2.05, 4.69) is 44.5 Å². The molecule has 0 unspecified atom stereocenters. The van der Waals surface area contributed by atoms with Crippen molar-refractivity contribution in [3.05, 3.63) is 71.4 Å². The number of para-hydroxylation sites is 1. The Bertz CT molecular complexity index is 865. The van der Waals surface area contributed by atoms with Crippen LogP contribution in [0, 0.1) is 0 Å². The van der Waals surface area contributed by atoms with E-state index in [1.165, 1.54) is 11.3 Å². The summed E-state index contributed by atoms with van der Waals surface area (Å²) in [6.07, 6.45) is 4.02. The lowest BCUT2D eigenvalue weighted by Gasteiger charge is -2.30. The minimum atomic E-state index is 0.567. The number of hydrogen-bond acceptors (Lipinski definition) is 4. The van der Waals surface area contributed by atoms with Crippen molar-refractivity contribution in [3.8, 4) is 0 Å². The molecule has 1 N–H and O–H groups in total. The third-order valence-corrected chi connectivity index (χ3v) is 4.34.